The minimum atomic E-state index is 0.631. The molecule has 0 spiro atoms. The van der Waals surface area contributed by atoms with Crippen molar-refractivity contribution >= 4 is 0 Å². The van der Waals surface area contributed by atoms with E-state index in [-0.39, 0.29) is 0 Å². The SMILES string of the molecule is COCC(C)CNCCCCCCC(C)C. The van der Waals surface area contributed by atoms with E-state index in [1.54, 1.807) is 7.11 Å². The van der Waals surface area contributed by atoms with Gasteiger partial charge in [0.1, 0.15) is 0 Å². The molecule has 0 aromatic rings. The Balaban J connectivity index is 3.04. The molecular formula is C14H31NO. The molecule has 0 heterocycles. The molecule has 98 valence electrons. The summed E-state index contributed by atoms with van der Waals surface area (Å²) in [6.07, 6.45) is 6.87. The Morgan fingerprint density at radius 3 is 2.31 bits per heavy atom. The van der Waals surface area contributed by atoms with Crippen molar-refractivity contribution in [3.05, 3.63) is 0 Å². The normalized spacial score (nSPS) is 13.3. The summed E-state index contributed by atoms with van der Waals surface area (Å²) < 4.78 is 5.10. The van der Waals surface area contributed by atoms with Gasteiger partial charge >= 0.3 is 0 Å². The molecule has 1 unspecified atom stereocenters. The highest BCUT2D eigenvalue weighted by Crippen LogP contribution is 2.08. The molecule has 0 bridgehead atoms. The number of rotatable bonds is 11. The molecule has 0 aromatic carbocycles. The van der Waals surface area contributed by atoms with Gasteiger partial charge in [-0.3, -0.25) is 0 Å². The first-order valence-corrected chi connectivity index (χ1v) is 6.86. The van der Waals surface area contributed by atoms with Crippen LogP contribution in [0.4, 0.5) is 0 Å². The van der Waals surface area contributed by atoms with Crippen molar-refractivity contribution in [2.75, 3.05) is 26.8 Å². The number of methoxy groups -OCH3 is 1. The first-order chi connectivity index (χ1) is 7.66. The van der Waals surface area contributed by atoms with Crippen LogP contribution < -0.4 is 5.32 Å². The van der Waals surface area contributed by atoms with Crippen molar-refractivity contribution in [3.8, 4) is 0 Å². The van der Waals surface area contributed by atoms with Gasteiger partial charge in [-0.2, -0.15) is 0 Å². The molecule has 16 heavy (non-hydrogen) atoms. The van der Waals surface area contributed by atoms with Crippen molar-refractivity contribution < 1.29 is 4.74 Å². The molecule has 1 N–H and O–H groups in total. The maximum Gasteiger partial charge on any atom is 0.0499 e. The number of hydrogen-bond acceptors (Lipinski definition) is 2. The van der Waals surface area contributed by atoms with Gasteiger partial charge in [-0.25, -0.2) is 0 Å². The largest absolute Gasteiger partial charge is 0.384 e. The number of ether oxygens (including phenoxy) is 1. The highest BCUT2D eigenvalue weighted by Gasteiger charge is 1.99. The monoisotopic (exact) mass is 229 g/mol. The lowest BCUT2D eigenvalue weighted by molar-refractivity contribution is 0.158. The van der Waals surface area contributed by atoms with Crippen LogP contribution in [0.3, 0.4) is 0 Å². The Labute approximate surface area is 102 Å². The second kappa shape index (κ2) is 11.4. The van der Waals surface area contributed by atoms with E-state index in [0.29, 0.717) is 5.92 Å². The van der Waals surface area contributed by atoms with Crippen LogP contribution in [0.1, 0.15) is 52.9 Å². The summed E-state index contributed by atoms with van der Waals surface area (Å²) in [6.45, 7) is 9.94. The number of nitrogens with one attached hydrogen (secondary N) is 1. The average molecular weight is 229 g/mol. The molecule has 0 aliphatic carbocycles. The zero-order valence-electron chi connectivity index (χ0n) is 11.7. The van der Waals surface area contributed by atoms with Crippen LogP contribution in [0.2, 0.25) is 0 Å². The van der Waals surface area contributed by atoms with Crippen LogP contribution in [0, 0.1) is 11.8 Å². The second-order valence-electron chi connectivity index (χ2n) is 5.36. The molecule has 2 nitrogen and oxygen atoms in total. The Bertz CT molecular complexity index is 137. The predicted octanol–water partition coefficient (Wildman–Crippen LogP) is 3.47. The molecule has 0 aliphatic heterocycles. The fourth-order valence-corrected chi connectivity index (χ4v) is 1.85. The van der Waals surface area contributed by atoms with Crippen LogP contribution in [0.25, 0.3) is 0 Å². The Morgan fingerprint density at radius 2 is 1.69 bits per heavy atom. The van der Waals surface area contributed by atoms with Gasteiger partial charge in [-0.1, -0.05) is 46.5 Å². The zero-order valence-corrected chi connectivity index (χ0v) is 11.7. The Morgan fingerprint density at radius 1 is 1.00 bits per heavy atom. The molecule has 0 saturated carbocycles. The van der Waals surface area contributed by atoms with Gasteiger partial charge < -0.3 is 10.1 Å². The molecule has 0 aliphatic rings. The topological polar surface area (TPSA) is 21.3 Å². The fourth-order valence-electron chi connectivity index (χ4n) is 1.85. The summed E-state index contributed by atoms with van der Waals surface area (Å²) in [6, 6.07) is 0. The summed E-state index contributed by atoms with van der Waals surface area (Å²) >= 11 is 0. The lowest BCUT2D eigenvalue weighted by Gasteiger charge is -2.11. The third-order valence-corrected chi connectivity index (χ3v) is 2.83. The Kier molecular flexibility index (Phi) is 11.3. The van der Waals surface area contributed by atoms with Crippen molar-refractivity contribution in [2.45, 2.75) is 52.9 Å². The van der Waals surface area contributed by atoms with Crippen molar-refractivity contribution in [1.82, 2.24) is 5.32 Å². The standard InChI is InChI=1S/C14H31NO/c1-13(2)9-7-5-6-8-10-15-11-14(3)12-16-4/h13-15H,5-12H2,1-4H3. The van der Waals surface area contributed by atoms with Crippen LogP contribution in [-0.2, 0) is 4.74 Å². The first kappa shape index (κ1) is 15.9. The highest BCUT2D eigenvalue weighted by molar-refractivity contribution is 4.56. The average Bonchev–Trinajstić information content (AvgIpc) is 2.22. The zero-order chi connectivity index (χ0) is 12.2. The Hall–Kier alpha value is -0.0800. The quantitative estimate of drug-likeness (QED) is 0.548. The van der Waals surface area contributed by atoms with Gasteiger partial charge in [0.25, 0.3) is 0 Å². The lowest BCUT2D eigenvalue weighted by Crippen LogP contribution is -2.24. The van der Waals surface area contributed by atoms with Gasteiger partial charge in [0.15, 0.2) is 0 Å². The predicted molar refractivity (Wildman–Crippen MR) is 71.8 cm³/mol. The van der Waals surface area contributed by atoms with Crippen molar-refractivity contribution in [2.24, 2.45) is 11.8 Å². The molecule has 0 fully saturated rings. The second-order valence-corrected chi connectivity index (χ2v) is 5.36. The maximum absolute atomic E-state index is 5.10. The highest BCUT2D eigenvalue weighted by atomic mass is 16.5. The maximum atomic E-state index is 5.10. The van der Waals surface area contributed by atoms with E-state index < -0.39 is 0 Å². The number of hydrogen-bond donors (Lipinski definition) is 1. The van der Waals surface area contributed by atoms with Gasteiger partial charge in [-0.15, -0.1) is 0 Å². The third-order valence-electron chi connectivity index (χ3n) is 2.83. The minimum absolute atomic E-state index is 0.631. The van der Waals surface area contributed by atoms with Gasteiger partial charge in [0.05, 0.1) is 0 Å². The molecule has 2 heteroatoms. The molecule has 0 aromatic heterocycles. The van der Waals surface area contributed by atoms with Crippen LogP contribution >= 0.6 is 0 Å². The van der Waals surface area contributed by atoms with Crippen LogP contribution in [-0.4, -0.2) is 26.8 Å². The first-order valence-electron chi connectivity index (χ1n) is 6.86. The summed E-state index contributed by atoms with van der Waals surface area (Å²) in [7, 11) is 1.77. The van der Waals surface area contributed by atoms with Gasteiger partial charge in [0, 0.05) is 13.7 Å². The molecular weight excluding hydrogens is 198 g/mol. The van der Waals surface area contributed by atoms with E-state index in [4.69, 9.17) is 4.74 Å². The molecule has 0 amide bonds. The third kappa shape index (κ3) is 12.0. The summed E-state index contributed by atoms with van der Waals surface area (Å²) in [5.41, 5.74) is 0. The molecule has 1 atom stereocenters. The van der Waals surface area contributed by atoms with E-state index in [2.05, 4.69) is 26.1 Å². The summed E-state index contributed by atoms with van der Waals surface area (Å²) in [5, 5.41) is 3.49. The van der Waals surface area contributed by atoms with Gasteiger partial charge in [0.2, 0.25) is 0 Å². The van der Waals surface area contributed by atoms with E-state index in [1.165, 1.54) is 32.1 Å². The minimum Gasteiger partial charge on any atom is -0.384 e. The van der Waals surface area contributed by atoms with Crippen molar-refractivity contribution in [1.29, 1.82) is 0 Å². The fraction of sp³-hybridized carbons (Fsp3) is 1.00. The summed E-state index contributed by atoms with van der Waals surface area (Å²) in [5.74, 6) is 1.50. The molecule has 0 radical (unpaired) electrons. The number of unbranched alkanes of at least 4 members (excludes halogenated alkanes) is 3. The van der Waals surface area contributed by atoms with E-state index in [1.807, 2.05) is 0 Å². The van der Waals surface area contributed by atoms with E-state index in [0.717, 1.165) is 25.6 Å². The van der Waals surface area contributed by atoms with Crippen LogP contribution in [0.5, 0.6) is 0 Å². The van der Waals surface area contributed by atoms with Gasteiger partial charge in [-0.05, 0) is 31.3 Å². The molecule has 0 rings (SSSR count). The lowest BCUT2D eigenvalue weighted by atomic mass is 10.0. The van der Waals surface area contributed by atoms with E-state index >= 15 is 0 Å². The summed E-state index contributed by atoms with van der Waals surface area (Å²) in [4.78, 5) is 0. The van der Waals surface area contributed by atoms with Crippen molar-refractivity contribution in [3.63, 3.8) is 0 Å². The molecule has 0 saturated heterocycles. The van der Waals surface area contributed by atoms with E-state index in [9.17, 15) is 0 Å². The smallest absolute Gasteiger partial charge is 0.0499 e. The van der Waals surface area contributed by atoms with Crippen LogP contribution in [0.15, 0.2) is 0 Å².